The molecule has 0 spiro atoms. The summed E-state index contributed by atoms with van der Waals surface area (Å²) in [5, 5.41) is 12.4. The molecule has 122 valence electrons. The number of hydrazine groups is 1. The van der Waals surface area contributed by atoms with Crippen molar-refractivity contribution in [3.05, 3.63) is 52.1 Å². The highest BCUT2D eigenvalue weighted by atomic mass is 16.6. The zero-order chi connectivity index (χ0) is 16.6. The molecule has 0 bridgehead atoms. The Balaban J connectivity index is 1.78. The molecule has 1 saturated heterocycles. The molecule has 3 rings (SSSR count). The Bertz CT molecular complexity index is 639. The third-order valence-corrected chi connectivity index (χ3v) is 4.57. The Labute approximate surface area is 135 Å². The third kappa shape index (κ3) is 2.99. The number of carbonyl (C=O) groups is 1. The maximum atomic E-state index is 12.8. The number of amides is 1. The van der Waals surface area contributed by atoms with E-state index < -0.39 is 4.92 Å². The van der Waals surface area contributed by atoms with E-state index in [1.165, 1.54) is 24.3 Å². The second-order valence-electron chi connectivity index (χ2n) is 6.66. The molecule has 1 fully saturated rings. The summed E-state index contributed by atoms with van der Waals surface area (Å²) < 4.78 is 0. The fraction of sp³-hybridized carbons (Fsp3) is 0.471. The highest BCUT2D eigenvalue weighted by molar-refractivity contribution is 5.94. The molecule has 1 aliphatic carbocycles. The molecule has 1 aromatic rings. The van der Waals surface area contributed by atoms with E-state index in [2.05, 4.69) is 31.4 Å². The molecule has 1 amide bonds. The van der Waals surface area contributed by atoms with Crippen LogP contribution in [-0.4, -0.2) is 27.9 Å². The van der Waals surface area contributed by atoms with Gasteiger partial charge in [0.1, 0.15) is 0 Å². The zero-order valence-electron chi connectivity index (χ0n) is 13.3. The lowest BCUT2D eigenvalue weighted by Gasteiger charge is -2.22. The van der Waals surface area contributed by atoms with Crippen LogP contribution in [0.5, 0.6) is 0 Å². The normalized spacial score (nSPS) is 25.9. The van der Waals surface area contributed by atoms with Crippen molar-refractivity contribution in [1.82, 2.24) is 10.4 Å². The largest absolute Gasteiger partial charge is 0.269 e. The van der Waals surface area contributed by atoms with Crippen molar-refractivity contribution < 1.29 is 9.72 Å². The van der Waals surface area contributed by atoms with Crippen molar-refractivity contribution >= 4 is 11.6 Å². The average Bonchev–Trinajstić information content (AvgIpc) is 3.10. The maximum absolute atomic E-state index is 12.8. The molecule has 0 saturated carbocycles. The minimum atomic E-state index is -0.462. The van der Waals surface area contributed by atoms with Crippen molar-refractivity contribution in [2.75, 3.05) is 0 Å². The van der Waals surface area contributed by atoms with Crippen LogP contribution in [0.4, 0.5) is 5.69 Å². The summed E-state index contributed by atoms with van der Waals surface area (Å²) in [7, 11) is 0. The summed E-state index contributed by atoms with van der Waals surface area (Å²) in [6, 6.07) is 6.14. The van der Waals surface area contributed by atoms with Gasteiger partial charge in [0.25, 0.3) is 11.6 Å². The van der Waals surface area contributed by atoms with Crippen molar-refractivity contribution in [2.24, 2.45) is 11.8 Å². The van der Waals surface area contributed by atoms with Crippen LogP contribution in [0, 0.1) is 22.0 Å². The predicted octanol–water partition coefficient (Wildman–Crippen LogP) is 2.91. The number of carbonyl (C=O) groups excluding carboxylic acids is 1. The first-order chi connectivity index (χ1) is 11.0. The van der Waals surface area contributed by atoms with Crippen molar-refractivity contribution in [2.45, 2.75) is 38.8 Å². The molecule has 1 aliphatic heterocycles. The Morgan fingerprint density at radius 3 is 2.70 bits per heavy atom. The van der Waals surface area contributed by atoms with Gasteiger partial charge in [-0.3, -0.25) is 19.9 Å². The van der Waals surface area contributed by atoms with Crippen LogP contribution in [0.1, 0.15) is 37.0 Å². The maximum Gasteiger partial charge on any atom is 0.269 e. The van der Waals surface area contributed by atoms with Gasteiger partial charge in [0, 0.05) is 29.7 Å². The summed E-state index contributed by atoms with van der Waals surface area (Å²) in [4.78, 5) is 23.0. The first kappa shape index (κ1) is 15.7. The van der Waals surface area contributed by atoms with Gasteiger partial charge in [-0.15, -0.1) is 0 Å². The topological polar surface area (TPSA) is 75.5 Å². The standard InChI is InChI=1S/C17H21N3O3/c1-11(2)10-15-14-4-3-5-16(14)19(18-15)17(21)12-6-8-13(9-7-12)20(22)23/h3,5-9,11,14-16,18H,4,10H2,1-2H3/t14-,15+,16-/m0/s1. The van der Waals surface area contributed by atoms with E-state index in [1.54, 1.807) is 5.01 Å². The molecule has 23 heavy (non-hydrogen) atoms. The molecule has 1 aromatic carbocycles. The van der Waals surface area contributed by atoms with Crippen LogP contribution in [0.3, 0.4) is 0 Å². The van der Waals surface area contributed by atoms with E-state index in [0.29, 0.717) is 17.4 Å². The summed E-state index contributed by atoms with van der Waals surface area (Å²) in [6.45, 7) is 4.36. The summed E-state index contributed by atoms with van der Waals surface area (Å²) >= 11 is 0. The van der Waals surface area contributed by atoms with Crippen LogP contribution in [0.25, 0.3) is 0 Å². The number of hydrogen-bond acceptors (Lipinski definition) is 4. The lowest BCUT2D eigenvalue weighted by molar-refractivity contribution is -0.384. The van der Waals surface area contributed by atoms with Gasteiger partial charge in [0.2, 0.25) is 0 Å². The van der Waals surface area contributed by atoms with Gasteiger partial charge in [-0.2, -0.15) is 0 Å². The van der Waals surface area contributed by atoms with Crippen LogP contribution in [0.15, 0.2) is 36.4 Å². The molecule has 0 aromatic heterocycles. The van der Waals surface area contributed by atoms with E-state index in [9.17, 15) is 14.9 Å². The molecule has 2 aliphatic rings. The summed E-state index contributed by atoms with van der Waals surface area (Å²) in [6.07, 6.45) is 6.23. The van der Waals surface area contributed by atoms with E-state index in [-0.39, 0.29) is 23.7 Å². The van der Waals surface area contributed by atoms with Gasteiger partial charge in [0.15, 0.2) is 0 Å². The first-order valence-electron chi connectivity index (χ1n) is 7.98. The Morgan fingerprint density at radius 2 is 2.09 bits per heavy atom. The first-order valence-corrected chi connectivity index (χ1v) is 7.98. The van der Waals surface area contributed by atoms with Crippen molar-refractivity contribution in [3.8, 4) is 0 Å². The average molecular weight is 315 g/mol. The number of nitro benzene ring substituents is 1. The lowest BCUT2D eigenvalue weighted by atomic mass is 9.90. The Hall–Kier alpha value is -2.21. The number of nitrogens with one attached hydrogen (secondary N) is 1. The van der Waals surface area contributed by atoms with E-state index in [4.69, 9.17) is 0 Å². The molecule has 6 nitrogen and oxygen atoms in total. The monoisotopic (exact) mass is 315 g/mol. The second kappa shape index (κ2) is 6.12. The number of nitro groups is 1. The van der Waals surface area contributed by atoms with E-state index in [0.717, 1.165) is 12.8 Å². The van der Waals surface area contributed by atoms with Crippen molar-refractivity contribution in [1.29, 1.82) is 0 Å². The number of benzene rings is 1. The minimum Gasteiger partial charge on any atom is -0.268 e. The molecular formula is C17H21N3O3. The fourth-order valence-electron chi connectivity index (χ4n) is 3.49. The summed E-state index contributed by atoms with van der Waals surface area (Å²) in [5.74, 6) is 0.843. The molecule has 0 unspecified atom stereocenters. The molecule has 6 heteroatoms. The van der Waals surface area contributed by atoms with Gasteiger partial charge >= 0.3 is 0 Å². The van der Waals surface area contributed by atoms with Gasteiger partial charge in [-0.05, 0) is 30.9 Å². The zero-order valence-corrected chi connectivity index (χ0v) is 13.3. The van der Waals surface area contributed by atoms with Gasteiger partial charge in [-0.25, -0.2) is 5.43 Å². The van der Waals surface area contributed by atoms with Crippen LogP contribution in [-0.2, 0) is 0 Å². The van der Waals surface area contributed by atoms with Crippen LogP contribution in [0.2, 0.25) is 0 Å². The van der Waals surface area contributed by atoms with Gasteiger partial charge in [-0.1, -0.05) is 26.0 Å². The predicted molar refractivity (Wildman–Crippen MR) is 86.7 cm³/mol. The number of non-ortho nitro benzene ring substituents is 1. The molecule has 0 radical (unpaired) electrons. The lowest BCUT2D eigenvalue weighted by Crippen LogP contribution is -2.43. The summed E-state index contributed by atoms with van der Waals surface area (Å²) in [5.41, 5.74) is 3.82. The minimum absolute atomic E-state index is 0.00717. The molecule has 1 N–H and O–H groups in total. The molecular weight excluding hydrogens is 294 g/mol. The highest BCUT2D eigenvalue weighted by Gasteiger charge is 2.44. The van der Waals surface area contributed by atoms with E-state index in [1.807, 2.05) is 0 Å². The molecule has 1 heterocycles. The number of rotatable bonds is 4. The number of hydrogen-bond donors (Lipinski definition) is 1. The number of fused-ring (bicyclic) bond motifs is 1. The van der Waals surface area contributed by atoms with Crippen molar-refractivity contribution in [3.63, 3.8) is 0 Å². The van der Waals surface area contributed by atoms with Gasteiger partial charge in [0.05, 0.1) is 11.0 Å². The smallest absolute Gasteiger partial charge is 0.268 e. The van der Waals surface area contributed by atoms with Crippen LogP contribution < -0.4 is 5.43 Å². The van der Waals surface area contributed by atoms with E-state index >= 15 is 0 Å². The Morgan fingerprint density at radius 1 is 1.39 bits per heavy atom. The highest BCUT2D eigenvalue weighted by Crippen LogP contribution is 2.35. The molecule has 3 atom stereocenters. The second-order valence-corrected chi connectivity index (χ2v) is 6.66. The quantitative estimate of drug-likeness (QED) is 0.526. The number of allylic oxidation sites excluding steroid dienone is 1. The van der Waals surface area contributed by atoms with Crippen LogP contribution >= 0.6 is 0 Å². The van der Waals surface area contributed by atoms with Gasteiger partial charge < -0.3 is 0 Å². The third-order valence-electron chi connectivity index (χ3n) is 4.57. The Kier molecular flexibility index (Phi) is 4.17. The SMILES string of the molecule is CC(C)C[C@H]1NN(C(=O)c2ccc([N+](=O)[O-])cc2)[C@H]2C=CC[C@@H]12. The fourth-order valence-corrected chi connectivity index (χ4v) is 3.49. The number of nitrogens with zero attached hydrogens (tertiary/aromatic N) is 2.